The van der Waals surface area contributed by atoms with Gasteiger partial charge in [0.05, 0.1) is 13.2 Å². The molecule has 2 unspecified atom stereocenters. The molecule has 3 nitrogen and oxygen atoms in total. The zero-order chi connectivity index (χ0) is 15.4. The second-order valence-corrected chi connectivity index (χ2v) is 5.37. The van der Waals surface area contributed by atoms with Gasteiger partial charge in [-0.05, 0) is 42.2 Å². The summed E-state index contributed by atoms with van der Waals surface area (Å²) in [4.78, 5) is 0. The minimum absolute atomic E-state index is 0.152. The van der Waals surface area contributed by atoms with Gasteiger partial charge in [-0.2, -0.15) is 0 Å². The van der Waals surface area contributed by atoms with Crippen LogP contribution >= 0.6 is 0 Å². The van der Waals surface area contributed by atoms with Crippen LogP contribution in [0.15, 0.2) is 42.5 Å². The first-order valence-corrected chi connectivity index (χ1v) is 7.16. The topological polar surface area (TPSA) is 55.5 Å². The molecule has 2 atom stereocenters. The second-order valence-electron chi connectivity index (χ2n) is 5.37. The van der Waals surface area contributed by atoms with Gasteiger partial charge in [-0.1, -0.05) is 36.4 Å². The maximum atomic E-state index is 10.7. The van der Waals surface area contributed by atoms with E-state index in [9.17, 15) is 5.11 Å². The maximum Gasteiger partial charge on any atom is 0.122 e. The molecule has 2 aromatic carbocycles. The highest BCUT2D eigenvalue weighted by Gasteiger charge is 2.23. The summed E-state index contributed by atoms with van der Waals surface area (Å²) in [5.41, 5.74) is 9.98. The van der Waals surface area contributed by atoms with Crippen molar-refractivity contribution in [1.82, 2.24) is 0 Å². The zero-order valence-electron chi connectivity index (χ0n) is 12.8. The number of rotatable bonds is 5. The molecule has 21 heavy (non-hydrogen) atoms. The predicted molar refractivity (Wildman–Crippen MR) is 85.7 cm³/mol. The third-order valence-electron chi connectivity index (χ3n) is 4.00. The molecule has 0 fully saturated rings. The Kier molecular flexibility index (Phi) is 4.99. The van der Waals surface area contributed by atoms with Crippen LogP contribution in [0.25, 0.3) is 0 Å². The molecule has 0 spiro atoms. The van der Waals surface area contributed by atoms with E-state index in [0.717, 1.165) is 28.0 Å². The van der Waals surface area contributed by atoms with E-state index < -0.39 is 6.10 Å². The molecule has 0 saturated heterocycles. The summed E-state index contributed by atoms with van der Waals surface area (Å²) < 4.78 is 5.37. The van der Waals surface area contributed by atoms with Crippen LogP contribution in [0.4, 0.5) is 0 Å². The Morgan fingerprint density at radius 1 is 1.10 bits per heavy atom. The first kappa shape index (κ1) is 15.5. The third-order valence-corrected chi connectivity index (χ3v) is 4.00. The molecule has 0 heterocycles. The van der Waals surface area contributed by atoms with E-state index in [0.29, 0.717) is 6.54 Å². The Hall–Kier alpha value is -1.84. The van der Waals surface area contributed by atoms with Gasteiger partial charge in [-0.15, -0.1) is 0 Å². The molecule has 0 aliphatic heterocycles. The van der Waals surface area contributed by atoms with E-state index in [1.165, 1.54) is 0 Å². The standard InChI is InChI=1S/C18H23NO2/c1-12-6-4-5-7-15(12)18(20)16(11-19)14-9-8-13(2)17(10-14)21-3/h4-10,16,18,20H,11,19H2,1-3H3. The molecule has 0 aromatic heterocycles. The number of benzene rings is 2. The van der Waals surface area contributed by atoms with Gasteiger partial charge in [0, 0.05) is 12.5 Å². The molecule has 2 rings (SSSR count). The Balaban J connectivity index is 2.37. The zero-order valence-corrected chi connectivity index (χ0v) is 12.8. The Bertz CT molecular complexity index is 610. The number of ether oxygens (including phenoxy) is 1. The molecule has 0 saturated carbocycles. The van der Waals surface area contributed by atoms with Crippen molar-refractivity contribution in [3.63, 3.8) is 0 Å². The summed E-state index contributed by atoms with van der Waals surface area (Å²) in [6.07, 6.45) is -0.622. The minimum atomic E-state index is -0.622. The van der Waals surface area contributed by atoms with Crippen molar-refractivity contribution in [1.29, 1.82) is 0 Å². The Morgan fingerprint density at radius 3 is 2.43 bits per heavy atom. The summed E-state index contributed by atoms with van der Waals surface area (Å²) in [6.45, 7) is 4.38. The molecule has 0 aliphatic rings. The quantitative estimate of drug-likeness (QED) is 0.887. The van der Waals surface area contributed by atoms with Crippen LogP contribution in [-0.2, 0) is 0 Å². The fourth-order valence-corrected chi connectivity index (χ4v) is 2.65. The molecular weight excluding hydrogens is 262 g/mol. The highest BCUT2D eigenvalue weighted by molar-refractivity contribution is 5.40. The van der Waals surface area contributed by atoms with Crippen molar-refractivity contribution in [3.8, 4) is 5.75 Å². The van der Waals surface area contributed by atoms with E-state index in [4.69, 9.17) is 10.5 Å². The lowest BCUT2D eigenvalue weighted by Crippen LogP contribution is -2.21. The van der Waals surface area contributed by atoms with Crippen molar-refractivity contribution >= 4 is 0 Å². The van der Waals surface area contributed by atoms with Gasteiger partial charge in [-0.25, -0.2) is 0 Å². The first-order valence-electron chi connectivity index (χ1n) is 7.16. The summed E-state index contributed by atoms with van der Waals surface area (Å²) in [5, 5.41) is 10.7. The molecule has 3 heteroatoms. The van der Waals surface area contributed by atoms with Crippen LogP contribution in [0.3, 0.4) is 0 Å². The third kappa shape index (κ3) is 3.26. The normalized spacial score (nSPS) is 13.8. The summed E-state index contributed by atoms with van der Waals surface area (Å²) in [7, 11) is 1.65. The number of nitrogens with two attached hydrogens (primary N) is 1. The molecule has 0 bridgehead atoms. The van der Waals surface area contributed by atoms with Gasteiger partial charge < -0.3 is 15.6 Å². The van der Waals surface area contributed by atoms with E-state index in [1.54, 1.807) is 7.11 Å². The lowest BCUT2D eigenvalue weighted by Gasteiger charge is -2.24. The van der Waals surface area contributed by atoms with Gasteiger partial charge in [0.1, 0.15) is 5.75 Å². The van der Waals surface area contributed by atoms with Crippen molar-refractivity contribution < 1.29 is 9.84 Å². The van der Waals surface area contributed by atoms with Gasteiger partial charge >= 0.3 is 0 Å². The van der Waals surface area contributed by atoms with Gasteiger partial charge in [0.25, 0.3) is 0 Å². The summed E-state index contributed by atoms with van der Waals surface area (Å²) in [6, 6.07) is 13.8. The van der Waals surface area contributed by atoms with E-state index in [2.05, 4.69) is 0 Å². The average molecular weight is 285 g/mol. The highest BCUT2D eigenvalue weighted by atomic mass is 16.5. The van der Waals surface area contributed by atoms with Gasteiger partial charge in [-0.3, -0.25) is 0 Å². The smallest absolute Gasteiger partial charge is 0.122 e. The van der Waals surface area contributed by atoms with Crippen molar-refractivity contribution in [2.75, 3.05) is 13.7 Å². The number of methoxy groups -OCH3 is 1. The molecule has 0 amide bonds. The Labute approximate surface area is 126 Å². The largest absolute Gasteiger partial charge is 0.496 e. The maximum absolute atomic E-state index is 10.7. The minimum Gasteiger partial charge on any atom is -0.496 e. The van der Waals surface area contributed by atoms with Crippen LogP contribution < -0.4 is 10.5 Å². The number of aliphatic hydroxyl groups is 1. The fraction of sp³-hybridized carbons (Fsp3) is 0.333. The molecule has 0 aliphatic carbocycles. The summed E-state index contributed by atoms with van der Waals surface area (Å²) in [5.74, 6) is 0.670. The lowest BCUT2D eigenvalue weighted by atomic mass is 9.87. The van der Waals surface area contributed by atoms with Crippen LogP contribution in [-0.4, -0.2) is 18.8 Å². The monoisotopic (exact) mass is 285 g/mol. The Morgan fingerprint density at radius 2 is 1.81 bits per heavy atom. The van der Waals surface area contributed by atoms with Crippen LogP contribution in [0.2, 0.25) is 0 Å². The molecule has 112 valence electrons. The number of aryl methyl sites for hydroxylation is 2. The first-order chi connectivity index (χ1) is 10.1. The highest BCUT2D eigenvalue weighted by Crippen LogP contribution is 2.34. The van der Waals surface area contributed by atoms with Crippen molar-refractivity contribution in [3.05, 3.63) is 64.7 Å². The van der Waals surface area contributed by atoms with Gasteiger partial charge in [0.15, 0.2) is 0 Å². The van der Waals surface area contributed by atoms with E-state index in [1.807, 2.05) is 56.3 Å². The van der Waals surface area contributed by atoms with Gasteiger partial charge in [0.2, 0.25) is 0 Å². The fourth-order valence-electron chi connectivity index (χ4n) is 2.65. The average Bonchev–Trinajstić information content (AvgIpc) is 2.49. The summed E-state index contributed by atoms with van der Waals surface area (Å²) >= 11 is 0. The SMILES string of the molecule is COc1cc(C(CN)C(O)c2ccccc2C)ccc1C. The van der Waals surface area contributed by atoms with Crippen LogP contribution in [0, 0.1) is 13.8 Å². The van der Waals surface area contributed by atoms with Crippen molar-refractivity contribution in [2.24, 2.45) is 5.73 Å². The van der Waals surface area contributed by atoms with Crippen LogP contribution in [0.5, 0.6) is 5.75 Å². The van der Waals surface area contributed by atoms with E-state index in [-0.39, 0.29) is 5.92 Å². The van der Waals surface area contributed by atoms with Crippen LogP contribution in [0.1, 0.15) is 34.3 Å². The predicted octanol–water partition coefficient (Wildman–Crippen LogP) is 3.09. The lowest BCUT2D eigenvalue weighted by molar-refractivity contribution is 0.146. The molecular formula is C18H23NO2. The molecule has 2 aromatic rings. The van der Waals surface area contributed by atoms with E-state index >= 15 is 0 Å². The second kappa shape index (κ2) is 6.74. The molecule has 3 N–H and O–H groups in total. The number of hydrogen-bond acceptors (Lipinski definition) is 3. The number of aliphatic hydroxyl groups excluding tert-OH is 1. The number of hydrogen-bond donors (Lipinski definition) is 2. The molecule has 0 radical (unpaired) electrons. The van der Waals surface area contributed by atoms with Crippen molar-refractivity contribution in [2.45, 2.75) is 25.9 Å².